The van der Waals surface area contributed by atoms with Crippen LogP contribution >= 0.6 is 15.9 Å². The number of benzene rings is 1. The highest BCUT2D eigenvalue weighted by atomic mass is 79.9. The van der Waals surface area contributed by atoms with Crippen molar-refractivity contribution >= 4 is 31.5 Å². The van der Waals surface area contributed by atoms with Crippen molar-refractivity contribution in [2.24, 2.45) is 0 Å². The number of hydrogen-bond acceptors (Lipinski definition) is 4. The highest BCUT2D eigenvalue weighted by Gasteiger charge is 2.34. The molecule has 0 saturated carbocycles. The lowest BCUT2D eigenvalue weighted by Gasteiger charge is -2.36. The summed E-state index contributed by atoms with van der Waals surface area (Å²) in [5, 5.41) is 3.07. The van der Waals surface area contributed by atoms with Gasteiger partial charge in [0.05, 0.1) is 16.3 Å². The zero-order valence-corrected chi connectivity index (χ0v) is 12.9. The normalized spacial score (nSPS) is 21.7. The van der Waals surface area contributed by atoms with Crippen LogP contribution < -0.4 is 10.2 Å². The molecule has 18 heavy (non-hydrogen) atoms. The summed E-state index contributed by atoms with van der Waals surface area (Å²) in [7, 11) is 0.657. The lowest BCUT2D eigenvalue weighted by molar-refractivity contribution is 0.549. The van der Waals surface area contributed by atoms with Crippen LogP contribution in [-0.2, 0) is 9.84 Å². The number of rotatable bonds is 3. The number of nitrogens with zero attached hydrogens (tertiary/aromatic N) is 1. The molecule has 2 rings (SSSR count). The molecule has 0 aromatic heterocycles. The molecule has 0 aliphatic carbocycles. The van der Waals surface area contributed by atoms with E-state index in [-0.39, 0.29) is 11.8 Å². The smallest absolute Gasteiger partial charge is 0.182 e. The van der Waals surface area contributed by atoms with E-state index in [9.17, 15) is 8.42 Å². The second-order valence-corrected chi connectivity index (χ2v) is 7.38. The maximum atomic E-state index is 12.3. The van der Waals surface area contributed by atoms with Crippen molar-refractivity contribution in [3.63, 3.8) is 0 Å². The molecule has 4 nitrogen and oxygen atoms in total. The molecule has 0 amide bonds. The number of sulfone groups is 1. The van der Waals surface area contributed by atoms with Crippen molar-refractivity contribution in [3.8, 4) is 0 Å². The molecule has 0 radical (unpaired) electrons. The lowest BCUT2D eigenvalue weighted by Crippen LogP contribution is -2.43. The summed E-state index contributed by atoms with van der Waals surface area (Å²) >= 11 is 3.45. The van der Waals surface area contributed by atoms with E-state index in [1.165, 1.54) is 0 Å². The summed E-state index contributed by atoms with van der Waals surface area (Å²) in [5.41, 5.74) is 0.782. The minimum atomic E-state index is -3.18. The molecule has 1 unspecified atom stereocenters. The van der Waals surface area contributed by atoms with Gasteiger partial charge in [-0.25, -0.2) is 8.42 Å². The maximum Gasteiger partial charge on any atom is 0.182 e. The Morgan fingerprint density at radius 1 is 1.50 bits per heavy atom. The Bertz CT molecular complexity index is 545. The van der Waals surface area contributed by atoms with Crippen molar-refractivity contribution in [3.05, 3.63) is 22.7 Å². The van der Waals surface area contributed by atoms with Crippen molar-refractivity contribution in [1.29, 1.82) is 0 Å². The van der Waals surface area contributed by atoms with Gasteiger partial charge in [-0.15, -0.1) is 0 Å². The molecule has 6 heteroatoms. The monoisotopic (exact) mass is 332 g/mol. The molecule has 0 bridgehead atoms. The molecule has 0 saturated heterocycles. The molecule has 1 aromatic carbocycles. The molecule has 1 aliphatic heterocycles. The fourth-order valence-electron chi connectivity index (χ4n) is 2.31. The molecule has 1 N–H and O–H groups in total. The topological polar surface area (TPSA) is 49.4 Å². The van der Waals surface area contributed by atoms with E-state index in [1.54, 1.807) is 12.1 Å². The second-order valence-electron chi connectivity index (χ2n) is 4.52. The van der Waals surface area contributed by atoms with Gasteiger partial charge in [-0.1, -0.05) is 6.07 Å². The molecular weight excluding hydrogens is 316 g/mol. The number of nitrogens with one attached hydrogen (secondary N) is 1. The summed E-state index contributed by atoms with van der Waals surface area (Å²) in [6.07, 6.45) is 0.813. The molecule has 1 aromatic rings. The van der Waals surface area contributed by atoms with Gasteiger partial charge < -0.3 is 10.2 Å². The first-order valence-corrected chi connectivity index (χ1v) is 8.30. The number of para-hydroxylation sites is 1. The van der Waals surface area contributed by atoms with Gasteiger partial charge in [0.15, 0.2) is 9.84 Å². The summed E-state index contributed by atoms with van der Waals surface area (Å²) < 4.78 is 25.4. The fraction of sp³-hybridized carbons (Fsp3) is 0.500. The SMILES string of the molecule is CNCCC1CS(=O)(=O)c2cccc(Br)c2N1C. The maximum absolute atomic E-state index is 12.3. The van der Waals surface area contributed by atoms with Crippen molar-refractivity contribution in [2.45, 2.75) is 17.4 Å². The number of anilines is 1. The van der Waals surface area contributed by atoms with Gasteiger partial charge in [-0.05, 0) is 48.1 Å². The predicted molar refractivity (Wildman–Crippen MR) is 76.9 cm³/mol. The standard InChI is InChI=1S/C12H17BrN2O2S/c1-14-7-6-9-8-18(16,17)11-5-3-4-10(13)12(11)15(9)2/h3-5,9,14H,6-8H2,1-2H3. The van der Waals surface area contributed by atoms with E-state index in [2.05, 4.69) is 26.1 Å². The van der Waals surface area contributed by atoms with Gasteiger partial charge in [-0.3, -0.25) is 0 Å². The van der Waals surface area contributed by atoms with E-state index >= 15 is 0 Å². The van der Waals surface area contributed by atoms with Crippen LogP contribution in [0.2, 0.25) is 0 Å². The Labute approximate surface area is 116 Å². The predicted octanol–water partition coefficient (Wildman–Crippen LogP) is 1.65. The van der Waals surface area contributed by atoms with E-state index < -0.39 is 9.84 Å². The minimum Gasteiger partial charge on any atom is -0.369 e. The van der Waals surface area contributed by atoms with Crippen LogP contribution in [-0.4, -0.2) is 40.9 Å². The van der Waals surface area contributed by atoms with Gasteiger partial charge in [0.2, 0.25) is 0 Å². The molecule has 1 aliphatic rings. The van der Waals surface area contributed by atoms with E-state index in [4.69, 9.17) is 0 Å². The van der Waals surface area contributed by atoms with Gasteiger partial charge >= 0.3 is 0 Å². The first-order valence-electron chi connectivity index (χ1n) is 5.86. The summed E-state index contributed by atoms with van der Waals surface area (Å²) in [6, 6.07) is 5.35. The Morgan fingerprint density at radius 2 is 2.22 bits per heavy atom. The molecular formula is C12H17BrN2O2S. The van der Waals surface area contributed by atoms with Gasteiger partial charge in [0, 0.05) is 17.6 Å². The quantitative estimate of drug-likeness (QED) is 0.914. The Kier molecular flexibility index (Phi) is 3.99. The number of hydrogen-bond donors (Lipinski definition) is 1. The van der Waals surface area contributed by atoms with Crippen LogP contribution in [0.15, 0.2) is 27.6 Å². The third kappa shape index (κ3) is 2.41. The minimum absolute atomic E-state index is 0.0219. The Morgan fingerprint density at radius 3 is 2.89 bits per heavy atom. The largest absolute Gasteiger partial charge is 0.369 e. The zero-order valence-electron chi connectivity index (χ0n) is 10.5. The third-order valence-corrected chi connectivity index (χ3v) is 5.79. The van der Waals surface area contributed by atoms with Crippen LogP contribution in [0.5, 0.6) is 0 Å². The van der Waals surface area contributed by atoms with Crippen molar-refractivity contribution < 1.29 is 8.42 Å². The zero-order chi connectivity index (χ0) is 13.3. The molecule has 100 valence electrons. The Hall–Kier alpha value is -0.590. The van der Waals surface area contributed by atoms with Crippen LogP contribution in [0.1, 0.15) is 6.42 Å². The second kappa shape index (κ2) is 5.19. The molecule has 1 atom stereocenters. The van der Waals surface area contributed by atoms with E-state index in [1.807, 2.05) is 20.2 Å². The number of fused-ring (bicyclic) bond motifs is 1. The van der Waals surface area contributed by atoms with E-state index in [0.29, 0.717) is 4.90 Å². The average Bonchev–Trinajstić information content (AvgIpc) is 2.32. The van der Waals surface area contributed by atoms with Crippen LogP contribution in [0.25, 0.3) is 0 Å². The first-order chi connectivity index (χ1) is 8.47. The highest BCUT2D eigenvalue weighted by Crippen LogP contribution is 2.38. The molecule has 1 heterocycles. The van der Waals surface area contributed by atoms with Crippen molar-refractivity contribution in [1.82, 2.24) is 5.32 Å². The van der Waals surface area contributed by atoms with E-state index in [0.717, 1.165) is 23.1 Å². The van der Waals surface area contributed by atoms with Gasteiger partial charge in [0.25, 0.3) is 0 Å². The summed E-state index contributed by atoms with van der Waals surface area (Å²) in [4.78, 5) is 2.50. The summed E-state index contributed by atoms with van der Waals surface area (Å²) in [6.45, 7) is 0.810. The van der Waals surface area contributed by atoms with Crippen molar-refractivity contribution in [2.75, 3.05) is 31.3 Å². The lowest BCUT2D eigenvalue weighted by atomic mass is 10.1. The van der Waals surface area contributed by atoms with Crippen LogP contribution in [0.4, 0.5) is 5.69 Å². The van der Waals surface area contributed by atoms with Gasteiger partial charge in [-0.2, -0.15) is 0 Å². The number of halogens is 1. The average molecular weight is 333 g/mol. The fourth-order valence-corrected chi connectivity index (χ4v) is 5.00. The first kappa shape index (κ1) is 13.8. The molecule has 0 spiro atoms. The third-order valence-electron chi connectivity index (χ3n) is 3.32. The van der Waals surface area contributed by atoms with Gasteiger partial charge in [0.1, 0.15) is 0 Å². The molecule has 0 fully saturated rings. The van der Waals surface area contributed by atoms with Crippen LogP contribution in [0.3, 0.4) is 0 Å². The van der Waals surface area contributed by atoms with Crippen LogP contribution in [0, 0.1) is 0 Å². The summed E-state index contributed by atoms with van der Waals surface area (Å²) in [5.74, 6) is 0.189. The Balaban J connectivity index is 2.46. The highest BCUT2D eigenvalue weighted by molar-refractivity contribution is 9.10.